The zero-order chi connectivity index (χ0) is 18.7. The number of aromatic carboxylic acids is 1. The Bertz CT molecular complexity index is 808. The van der Waals surface area contributed by atoms with Gasteiger partial charge in [0, 0.05) is 32.6 Å². The number of carbonyl (C=O) groups excluding carboxylic acids is 1. The maximum absolute atomic E-state index is 12.7. The van der Waals surface area contributed by atoms with E-state index in [9.17, 15) is 18.0 Å². The molecule has 7 nitrogen and oxygen atoms in total. The zero-order valence-corrected chi connectivity index (χ0v) is 15.2. The van der Waals surface area contributed by atoms with E-state index >= 15 is 0 Å². The summed E-state index contributed by atoms with van der Waals surface area (Å²) in [4.78, 5) is 25.0. The van der Waals surface area contributed by atoms with Gasteiger partial charge in [0.05, 0.1) is 10.5 Å². The number of sulfonamides is 1. The van der Waals surface area contributed by atoms with E-state index in [4.69, 9.17) is 5.11 Å². The molecule has 1 aliphatic heterocycles. The summed E-state index contributed by atoms with van der Waals surface area (Å²) in [6.07, 6.45) is 6.69. The van der Waals surface area contributed by atoms with Gasteiger partial charge in [0.25, 0.3) is 0 Å². The summed E-state index contributed by atoms with van der Waals surface area (Å²) in [5.74, 6) is -0.723. The Kier molecular flexibility index (Phi) is 5.43. The van der Waals surface area contributed by atoms with Crippen LogP contribution in [0.1, 0.15) is 29.6 Å². The molecule has 1 amide bonds. The van der Waals surface area contributed by atoms with Crippen molar-refractivity contribution in [1.29, 1.82) is 0 Å². The van der Waals surface area contributed by atoms with Gasteiger partial charge in [0.2, 0.25) is 15.9 Å². The Morgan fingerprint density at radius 3 is 2.27 bits per heavy atom. The number of nitrogens with zero attached hydrogens (tertiary/aromatic N) is 2. The van der Waals surface area contributed by atoms with Crippen LogP contribution < -0.4 is 0 Å². The van der Waals surface area contributed by atoms with Crippen LogP contribution in [0.5, 0.6) is 0 Å². The second-order valence-electron chi connectivity index (χ2n) is 6.58. The summed E-state index contributed by atoms with van der Waals surface area (Å²) in [6, 6.07) is 5.18. The summed E-state index contributed by atoms with van der Waals surface area (Å²) < 4.78 is 26.7. The number of carboxylic acids is 1. The molecule has 3 rings (SSSR count). The molecule has 0 saturated carbocycles. The number of hydrogen-bond donors (Lipinski definition) is 1. The Balaban J connectivity index is 1.60. The predicted molar refractivity (Wildman–Crippen MR) is 95.2 cm³/mol. The molecule has 1 unspecified atom stereocenters. The molecule has 0 radical (unpaired) electrons. The minimum atomic E-state index is -3.68. The van der Waals surface area contributed by atoms with Crippen LogP contribution in [-0.4, -0.2) is 60.8 Å². The molecule has 2 aliphatic rings. The maximum Gasteiger partial charge on any atom is 0.335 e. The molecule has 140 valence electrons. The van der Waals surface area contributed by atoms with Crippen molar-refractivity contribution in [3.8, 4) is 0 Å². The number of carboxylic acid groups (broad SMARTS) is 1. The molecule has 8 heteroatoms. The molecule has 0 aromatic heterocycles. The summed E-state index contributed by atoms with van der Waals surface area (Å²) >= 11 is 0. The van der Waals surface area contributed by atoms with E-state index in [0.717, 1.165) is 12.8 Å². The van der Waals surface area contributed by atoms with Crippen LogP contribution >= 0.6 is 0 Å². The third kappa shape index (κ3) is 3.96. The molecular weight excluding hydrogens is 356 g/mol. The Hall–Kier alpha value is -2.19. The molecule has 26 heavy (non-hydrogen) atoms. The van der Waals surface area contributed by atoms with Crippen LogP contribution in [0.25, 0.3) is 0 Å². The average Bonchev–Trinajstić information content (AvgIpc) is 3.15. The number of piperazine rings is 1. The summed E-state index contributed by atoms with van der Waals surface area (Å²) in [7, 11) is -3.68. The Morgan fingerprint density at radius 1 is 1.08 bits per heavy atom. The fourth-order valence-electron chi connectivity index (χ4n) is 3.32. The molecule has 1 heterocycles. The fraction of sp³-hybridized carbons (Fsp3) is 0.444. The first kappa shape index (κ1) is 18.6. The highest BCUT2D eigenvalue weighted by Gasteiger charge is 2.30. The van der Waals surface area contributed by atoms with Gasteiger partial charge in [-0.2, -0.15) is 4.31 Å². The van der Waals surface area contributed by atoms with Gasteiger partial charge in [-0.05, 0) is 43.0 Å². The van der Waals surface area contributed by atoms with E-state index in [1.165, 1.54) is 28.6 Å². The highest BCUT2D eigenvalue weighted by atomic mass is 32.2. The lowest BCUT2D eigenvalue weighted by Crippen LogP contribution is -2.50. The summed E-state index contributed by atoms with van der Waals surface area (Å²) in [5.41, 5.74) is 0.0420. The Morgan fingerprint density at radius 2 is 1.73 bits per heavy atom. The molecule has 0 bridgehead atoms. The van der Waals surface area contributed by atoms with E-state index in [1.54, 1.807) is 4.90 Å². The lowest BCUT2D eigenvalue weighted by Gasteiger charge is -2.34. The number of hydrogen-bond acceptors (Lipinski definition) is 4. The van der Waals surface area contributed by atoms with Gasteiger partial charge in [-0.15, -0.1) is 0 Å². The van der Waals surface area contributed by atoms with Gasteiger partial charge in [0.1, 0.15) is 0 Å². The second kappa shape index (κ2) is 7.59. The summed E-state index contributed by atoms with van der Waals surface area (Å²) in [6.45, 7) is 1.24. The third-order valence-corrected chi connectivity index (χ3v) is 6.79. The number of carbonyl (C=O) groups is 2. The van der Waals surface area contributed by atoms with Crippen LogP contribution in [0, 0.1) is 5.92 Å². The topological polar surface area (TPSA) is 95.0 Å². The normalized spacial score (nSPS) is 21.1. The van der Waals surface area contributed by atoms with Crippen molar-refractivity contribution >= 4 is 21.9 Å². The first-order chi connectivity index (χ1) is 12.4. The number of benzene rings is 1. The molecule has 1 atom stereocenters. The van der Waals surface area contributed by atoms with Crippen molar-refractivity contribution in [3.05, 3.63) is 42.0 Å². The largest absolute Gasteiger partial charge is 0.478 e. The number of allylic oxidation sites excluding steroid dienone is 2. The first-order valence-electron chi connectivity index (χ1n) is 8.66. The van der Waals surface area contributed by atoms with Gasteiger partial charge in [0.15, 0.2) is 0 Å². The van der Waals surface area contributed by atoms with Crippen molar-refractivity contribution in [1.82, 2.24) is 9.21 Å². The van der Waals surface area contributed by atoms with Gasteiger partial charge in [-0.25, -0.2) is 13.2 Å². The molecular formula is C18H22N2O5S. The zero-order valence-electron chi connectivity index (χ0n) is 14.4. The van der Waals surface area contributed by atoms with Crippen LogP contribution in [0.4, 0.5) is 0 Å². The van der Waals surface area contributed by atoms with Crippen molar-refractivity contribution < 1.29 is 23.1 Å². The van der Waals surface area contributed by atoms with Gasteiger partial charge in [-0.1, -0.05) is 12.2 Å². The average molecular weight is 378 g/mol. The van der Waals surface area contributed by atoms with E-state index in [2.05, 4.69) is 12.2 Å². The van der Waals surface area contributed by atoms with Crippen molar-refractivity contribution in [2.75, 3.05) is 26.2 Å². The Labute approximate surface area is 153 Å². The highest BCUT2D eigenvalue weighted by molar-refractivity contribution is 7.89. The molecule has 1 N–H and O–H groups in total. The minimum Gasteiger partial charge on any atom is -0.478 e. The maximum atomic E-state index is 12.7. The summed E-state index contributed by atoms with van der Waals surface area (Å²) in [5, 5.41) is 8.91. The molecule has 1 aromatic carbocycles. The van der Waals surface area contributed by atoms with Crippen LogP contribution in [0.2, 0.25) is 0 Å². The lowest BCUT2D eigenvalue weighted by molar-refractivity contribution is -0.133. The quantitative estimate of drug-likeness (QED) is 0.785. The molecule has 1 aliphatic carbocycles. The minimum absolute atomic E-state index is 0.0420. The smallest absolute Gasteiger partial charge is 0.335 e. The molecule has 1 saturated heterocycles. The van der Waals surface area contributed by atoms with Crippen molar-refractivity contribution in [3.63, 3.8) is 0 Å². The van der Waals surface area contributed by atoms with E-state index in [-0.39, 0.29) is 29.5 Å². The van der Waals surface area contributed by atoms with Crippen molar-refractivity contribution in [2.24, 2.45) is 5.92 Å². The molecule has 1 fully saturated rings. The lowest BCUT2D eigenvalue weighted by atomic mass is 10.0. The first-order valence-corrected chi connectivity index (χ1v) is 10.1. The van der Waals surface area contributed by atoms with Crippen molar-refractivity contribution in [2.45, 2.75) is 24.2 Å². The monoisotopic (exact) mass is 378 g/mol. The van der Waals surface area contributed by atoms with Crippen LogP contribution in [0.3, 0.4) is 0 Å². The van der Waals surface area contributed by atoms with Crippen LogP contribution in [-0.2, 0) is 14.8 Å². The van der Waals surface area contributed by atoms with E-state index in [1.807, 2.05) is 0 Å². The van der Waals surface area contributed by atoms with E-state index < -0.39 is 16.0 Å². The van der Waals surface area contributed by atoms with Crippen LogP contribution in [0.15, 0.2) is 41.3 Å². The van der Waals surface area contributed by atoms with Gasteiger partial charge >= 0.3 is 5.97 Å². The molecule has 0 spiro atoms. The van der Waals surface area contributed by atoms with Gasteiger partial charge < -0.3 is 10.0 Å². The molecule has 1 aromatic rings. The second-order valence-corrected chi connectivity index (χ2v) is 8.52. The number of amides is 1. The SMILES string of the molecule is O=C(O)c1ccc(S(=O)(=O)N2CCN(C(=O)CC3C=CCC3)CC2)cc1. The highest BCUT2D eigenvalue weighted by Crippen LogP contribution is 2.23. The third-order valence-electron chi connectivity index (χ3n) is 4.88. The number of rotatable bonds is 5. The van der Waals surface area contributed by atoms with E-state index in [0.29, 0.717) is 25.4 Å². The predicted octanol–water partition coefficient (Wildman–Crippen LogP) is 1.57. The fourth-order valence-corrected chi connectivity index (χ4v) is 4.74. The standard InChI is InChI=1S/C18H22N2O5S/c21-17(13-14-3-1-2-4-14)19-9-11-20(12-10-19)26(24,25)16-7-5-15(6-8-16)18(22)23/h1,3,5-8,14H,2,4,9-13H2,(H,22,23). The van der Waals surface area contributed by atoms with Gasteiger partial charge in [-0.3, -0.25) is 4.79 Å².